The molecule has 34 heavy (non-hydrogen) atoms. The van der Waals surface area contributed by atoms with E-state index in [1.165, 1.54) is 30.2 Å². The van der Waals surface area contributed by atoms with Crippen molar-refractivity contribution in [3.05, 3.63) is 77.6 Å². The van der Waals surface area contributed by atoms with Crippen molar-refractivity contribution in [1.29, 1.82) is 0 Å². The van der Waals surface area contributed by atoms with Crippen LogP contribution in [0, 0.1) is 0 Å². The van der Waals surface area contributed by atoms with Crippen LogP contribution in [0.25, 0.3) is 22.4 Å². The number of unbranched alkanes of at least 4 members (excludes halogenated alkanes) is 1. The maximum Gasteiger partial charge on any atom is 0.234 e. The van der Waals surface area contributed by atoms with Gasteiger partial charge in [0.2, 0.25) is 5.91 Å². The van der Waals surface area contributed by atoms with Gasteiger partial charge in [0.25, 0.3) is 0 Å². The summed E-state index contributed by atoms with van der Waals surface area (Å²) in [6, 6.07) is 17.6. The molecule has 5 rings (SSSR count). The number of aryl methyl sites for hydroxylation is 1. The maximum absolute atomic E-state index is 12.5. The van der Waals surface area contributed by atoms with Crippen molar-refractivity contribution in [2.75, 3.05) is 11.1 Å². The predicted octanol–water partition coefficient (Wildman–Crippen LogP) is 5.77. The van der Waals surface area contributed by atoms with E-state index in [4.69, 9.17) is 11.6 Å². The number of hydrogen-bond donors (Lipinski definition) is 1. The quantitative estimate of drug-likeness (QED) is 0.279. The van der Waals surface area contributed by atoms with Gasteiger partial charge >= 0.3 is 0 Å². The molecule has 0 aliphatic carbocycles. The van der Waals surface area contributed by atoms with E-state index in [2.05, 4.69) is 39.7 Å². The zero-order valence-electron chi connectivity index (χ0n) is 18.6. The third kappa shape index (κ3) is 4.78. The molecule has 0 spiro atoms. The number of nitrogens with one attached hydrogen (secondary N) is 1. The van der Waals surface area contributed by atoms with E-state index < -0.39 is 0 Å². The van der Waals surface area contributed by atoms with Crippen molar-refractivity contribution < 1.29 is 4.79 Å². The van der Waals surface area contributed by atoms with Crippen LogP contribution in [0.2, 0.25) is 5.02 Å². The zero-order valence-corrected chi connectivity index (χ0v) is 20.2. The highest BCUT2D eigenvalue weighted by Crippen LogP contribution is 2.25. The first-order valence-corrected chi connectivity index (χ1v) is 12.5. The van der Waals surface area contributed by atoms with E-state index in [-0.39, 0.29) is 11.7 Å². The van der Waals surface area contributed by atoms with Crippen LogP contribution >= 0.6 is 23.4 Å². The fourth-order valence-corrected chi connectivity index (χ4v) is 4.56. The lowest BCUT2D eigenvalue weighted by Crippen LogP contribution is -2.14. The van der Waals surface area contributed by atoms with Crippen molar-refractivity contribution in [3.8, 4) is 11.3 Å². The number of nitrogens with zero attached hydrogens (tertiary/aromatic N) is 5. The number of aromatic nitrogens is 5. The summed E-state index contributed by atoms with van der Waals surface area (Å²) in [6.45, 7) is 2.18. The van der Waals surface area contributed by atoms with Gasteiger partial charge in [0.1, 0.15) is 5.52 Å². The minimum absolute atomic E-state index is 0.0847. The second-order valence-electron chi connectivity index (χ2n) is 7.98. The van der Waals surface area contributed by atoms with Gasteiger partial charge in [0, 0.05) is 28.7 Å². The number of amides is 1. The maximum atomic E-state index is 12.5. The van der Waals surface area contributed by atoms with Crippen LogP contribution in [0.1, 0.15) is 25.3 Å². The molecule has 9 heteroatoms. The molecule has 3 aromatic heterocycles. The van der Waals surface area contributed by atoms with Gasteiger partial charge in [-0.15, -0.1) is 10.2 Å². The van der Waals surface area contributed by atoms with Crippen molar-refractivity contribution in [2.24, 2.45) is 0 Å². The molecule has 0 atom stereocenters. The van der Waals surface area contributed by atoms with Crippen LogP contribution in [0.5, 0.6) is 0 Å². The highest BCUT2D eigenvalue weighted by molar-refractivity contribution is 7.99. The summed E-state index contributed by atoms with van der Waals surface area (Å²) in [5.41, 5.74) is 5.39. The van der Waals surface area contributed by atoms with Crippen molar-refractivity contribution in [3.63, 3.8) is 0 Å². The van der Waals surface area contributed by atoms with Gasteiger partial charge < -0.3 is 5.32 Å². The monoisotopic (exact) mass is 490 g/mol. The molecule has 1 amide bonds. The molecule has 0 aliphatic rings. The molecular weight excluding hydrogens is 468 g/mol. The molecule has 0 bridgehead atoms. The molecule has 0 radical (unpaired) electrons. The minimum atomic E-state index is -0.0847. The number of halogens is 1. The fourth-order valence-electron chi connectivity index (χ4n) is 3.71. The Morgan fingerprint density at radius 1 is 1.06 bits per heavy atom. The Balaban J connectivity index is 1.28. The summed E-state index contributed by atoms with van der Waals surface area (Å²) in [7, 11) is 0. The van der Waals surface area contributed by atoms with Crippen LogP contribution in [0.3, 0.4) is 0 Å². The minimum Gasteiger partial charge on any atom is -0.325 e. The van der Waals surface area contributed by atoms with E-state index in [9.17, 15) is 4.79 Å². The van der Waals surface area contributed by atoms with Gasteiger partial charge in [-0.05, 0) is 48.7 Å². The summed E-state index contributed by atoms with van der Waals surface area (Å²) < 4.78 is 3.66. The second-order valence-corrected chi connectivity index (χ2v) is 9.36. The van der Waals surface area contributed by atoms with Crippen molar-refractivity contribution in [2.45, 2.75) is 31.3 Å². The van der Waals surface area contributed by atoms with Crippen LogP contribution < -0.4 is 5.32 Å². The number of fused-ring (bicyclic) bond motifs is 3. The van der Waals surface area contributed by atoms with Crippen LogP contribution in [-0.2, 0) is 11.2 Å². The van der Waals surface area contributed by atoms with Gasteiger partial charge in [0.05, 0.1) is 11.4 Å². The Morgan fingerprint density at radius 3 is 2.62 bits per heavy atom. The van der Waals surface area contributed by atoms with Gasteiger partial charge in [-0.3, -0.25) is 9.20 Å². The summed E-state index contributed by atoms with van der Waals surface area (Å²) in [5, 5.41) is 17.6. The van der Waals surface area contributed by atoms with Gasteiger partial charge in [0.15, 0.2) is 10.8 Å². The normalized spacial score (nSPS) is 11.4. The predicted molar refractivity (Wildman–Crippen MR) is 137 cm³/mol. The lowest BCUT2D eigenvalue weighted by atomic mass is 10.1. The zero-order chi connectivity index (χ0) is 23.5. The summed E-state index contributed by atoms with van der Waals surface area (Å²) in [4.78, 5) is 12.5. The van der Waals surface area contributed by atoms with E-state index in [0.717, 1.165) is 28.9 Å². The third-order valence-electron chi connectivity index (χ3n) is 5.52. The number of thioether (sulfide) groups is 1. The van der Waals surface area contributed by atoms with Gasteiger partial charge in [-0.1, -0.05) is 61.0 Å². The van der Waals surface area contributed by atoms with Crippen LogP contribution in [0.15, 0.2) is 72.1 Å². The standard InChI is InChI=1S/C25H23ClN6OS/c1-2-3-4-17-5-11-20(12-6-17)27-23(33)16-34-25-29-28-24-22-15-21(18-7-9-19(26)10-8-18)30-32(22)14-13-31(24)25/h5-15H,2-4,16H2,1H3,(H,27,33). The van der Waals surface area contributed by atoms with Crippen LogP contribution in [-0.4, -0.2) is 35.9 Å². The van der Waals surface area contributed by atoms with E-state index >= 15 is 0 Å². The summed E-state index contributed by atoms with van der Waals surface area (Å²) in [6.07, 6.45) is 7.11. The lowest BCUT2D eigenvalue weighted by molar-refractivity contribution is -0.113. The topological polar surface area (TPSA) is 76.6 Å². The SMILES string of the molecule is CCCCc1ccc(NC(=O)CSc2nnc3c4cc(-c5ccc(Cl)cc5)nn4ccn23)cc1. The largest absolute Gasteiger partial charge is 0.325 e. The molecule has 1 N–H and O–H groups in total. The molecule has 0 fully saturated rings. The molecule has 0 saturated heterocycles. The summed E-state index contributed by atoms with van der Waals surface area (Å²) in [5.74, 6) is 0.150. The number of benzene rings is 2. The Hall–Kier alpha value is -3.36. The van der Waals surface area contributed by atoms with Gasteiger partial charge in [-0.2, -0.15) is 5.10 Å². The average molecular weight is 491 g/mol. The molecule has 2 aromatic carbocycles. The van der Waals surface area contributed by atoms with Crippen LogP contribution in [0.4, 0.5) is 5.69 Å². The molecule has 172 valence electrons. The lowest BCUT2D eigenvalue weighted by Gasteiger charge is -2.06. The molecule has 0 saturated carbocycles. The Kier molecular flexibility index (Phi) is 6.51. The smallest absolute Gasteiger partial charge is 0.234 e. The van der Waals surface area contributed by atoms with E-state index in [1.807, 2.05) is 59.3 Å². The molecule has 3 heterocycles. The first-order chi connectivity index (χ1) is 16.6. The second kappa shape index (κ2) is 9.87. The first-order valence-electron chi connectivity index (χ1n) is 11.1. The molecular formula is C25H23ClN6OS. The first kappa shape index (κ1) is 22.4. The van der Waals surface area contributed by atoms with Gasteiger partial charge in [-0.25, -0.2) is 4.52 Å². The van der Waals surface area contributed by atoms with Crippen molar-refractivity contribution >= 4 is 46.1 Å². The molecule has 0 aliphatic heterocycles. The average Bonchev–Trinajstić information content (AvgIpc) is 3.47. The number of anilines is 1. The Bertz CT molecular complexity index is 1440. The number of rotatable bonds is 8. The third-order valence-corrected chi connectivity index (χ3v) is 6.71. The molecule has 0 unspecified atom stereocenters. The number of carbonyl (C=O) groups excluding carboxylic acids is 1. The molecule has 7 nitrogen and oxygen atoms in total. The van der Waals surface area contributed by atoms with E-state index in [0.29, 0.717) is 15.8 Å². The Labute approximate surface area is 206 Å². The number of hydrogen-bond acceptors (Lipinski definition) is 5. The number of carbonyl (C=O) groups is 1. The highest BCUT2D eigenvalue weighted by Gasteiger charge is 2.14. The highest BCUT2D eigenvalue weighted by atomic mass is 35.5. The van der Waals surface area contributed by atoms with E-state index in [1.54, 1.807) is 4.52 Å². The molecule has 5 aromatic rings. The Morgan fingerprint density at radius 2 is 1.85 bits per heavy atom. The summed E-state index contributed by atoms with van der Waals surface area (Å²) >= 11 is 7.35. The fraction of sp³-hybridized carbons (Fsp3) is 0.200. The van der Waals surface area contributed by atoms with Crippen molar-refractivity contribution in [1.82, 2.24) is 24.2 Å².